The molecule has 138 valence electrons. The van der Waals surface area contributed by atoms with Crippen LogP contribution in [0.2, 0.25) is 0 Å². The number of anilines is 1. The van der Waals surface area contributed by atoms with Gasteiger partial charge in [-0.05, 0) is 36.8 Å². The van der Waals surface area contributed by atoms with Gasteiger partial charge < -0.3 is 10.3 Å². The molecule has 3 aromatic rings. The molecule has 5 nitrogen and oxygen atoms in total. The lowest BCUT2D eigenvalue weighted by atomic mass is 10.1. The highest BCUT2D eigenvalue weighted by Crippen LogP contribution is 2.19. The van der Waals surface area contributed by atoms with Crippen molar-refractivity contribution in [2.75, 3.05) is 5.32 Å². The molecule has 0 saturated carbocycles. The lowest BCUT2D eigenvalue weighted by Gasteiger charge is -2.08. The van der Waals surface area contributed by atoms with Crippen molar-refractivity contribution in [1.29, 1.82) is 0 Å². The zero-order chi connectivity index (χ0) is 19.2. The lowest BCUT2D eigenvalue weighted by molar-refractivity contribution is -0.115. The monoisotopic (exact) mass is 443 g/mol. The van der Waals surface area contributed by atoms with E-state index >= 15 is 0 Å². The molecule has 0 aliphatic heterocycles. The Bertz CT molecular complexity index is 988. The van der Waals surface area contributed by atoms with Crippen LogP contribution < -0.4 is 10.9 Å². The molecule has 0 radical (unpaired) electrons. The van der Waals surface area contributed by atoms with Crippen LogP contribution in [0.3, 0.4) is 0 Å². The molecule has 0 aliphatic rings. The number of nitrogens with one attached hydrogen (secondary N) is 2. The van der Waals surface area contributed by atoms with Crippen molar-refractivity contribution >= 4 is 39.3 Å². The van der Waals surface area contributed by atoms with Crippen LogP contribution in [-0.2, 0) is 17.0 Å². The fourth-order valence-electron chi connectivity index (χ4n) is 2.49. The number of aryl methyl sites for hydroxylation is 1. The summed E-state index contributed by atoms with van der Waals surface area (Å²) in [7, 11) is 0. The summed E-state index contributed by atoms with van der Waals surface area (Å²) in [6.45, 7) is 1.75. The van der Waals surface area contributed by atoms with Crippen LogP contribution in [0.25, 0.3) is 0 Å². The van der Waals surface area contributed by atoms with Gasteiger partial charge in [0.05, 0.1) is 6.42 Å². The van der Waals surface area contributed by atoms with Gasteiger partial charge in [-0.1, -0.05) is 58.0 Å². The summed E-state index contributed by atoms with van der Waals surface area (Å²) in [6.07, 6.45) is -0.0200. The van der Waals surface area contributed by atoms with Crippen molar-refractivity contribution in [3.63, 3.8) is 0 Å². The minimum atomic E-state index is -0.274. The van der Waals surface area contributed by atoms with E-state index in [0.717, 1.165) is 10.0 Å². The quantitative estimate of drug-likeness (QED) is 0.439. The largest absolute Gasteiger partial charge is 0.326 e. The second kappa shape index (κ2) is 9.01. The van der Waals surface area contributed by atoms with Crippen molar-refractivity contribution in [3.8, 4) is 0 Å². The fraction of sp³-hybridized carbons (Fsp3) is 0.150. The Morgan fingerprint density at radius 3 is 2.52 bits per heavy atom. The van der Waals surface area contributed by atoms with Crippen molar-refractivity contribution < 1.29 is 4.79 Å². The summed E-state index contributed by atoms with van der Waals surface area (Å²) >= 11 is 4.81. The zero-order valence-corrected chi connectivity index (χ0v) is 17.1. The summed E-state index contributed by atoms with van der Waals surface area (Å²) in [6, 6.07) is 17.2. The van der Waals surface area contributed by atoms with Crippen LogP contribution in [0.1, 0.15) is 16.8 Å². The Morgan fingerprint density at radius 1 is 1.15 bits per heavy atom. The number of benzene rings is 2. The fourth-order valence-corrected chi connectivity index (χ4v) is 3.61. The second-order valence-corrected chi connectivity index (χ2v) is 7.82. The van der Waals surface area contributed by atoms with Gasteiger partial charge >= 0.3 is 0 Å². The summed E-state index contributed by atoms with van der Waals surface area (Å²) in [5.74, 6) is 0.463. The van der Waals surface area contributed by atoms with Crippen molar-refractivity contribution in [1.82, 2.24) is 9.97 Å². The molecule has 2 N–H and O–H groups in total. The number of nitrogens with zero attached hydrogens (tertiary/aromatic N) is 1. The first-order chi connectivity index (χ1) is 13.0. The molecular weight excluding hydrogens is 426 g/mol. The molecule has 0 unspecified atom stereocenters. The van der Waals surface area contributed by atoms with E-state index in [0.29, 0.717) is 27.9 Å². The first-order valence-corrected chi connectivity index (χ1v) is 10.1. The highest BCUT2D eigenvalue weighted by molar-refractivity contribution is 9.10. The molecule has 7 heteroatoms. The minimum absolute atomic E-state index is 0.0200. The van der Waals surface area contributed by atoms with Gasteiger partial charge in [0.1, 0.15) is 0 Å². The van der Waals surface area contributed by atoms with Crippen molar-refractivity contribution in [2.24, 2.45) is 0 Å². The molecular formula is C20H18BrN3O2S. The first kappa shape index (κ1) is 19.4. The summed E-state index contributed by atoms with van der Waals surface area (Å²) < 4.78 is 0.931. The van der Waals surface area contributed by atoms with Gasteiger partial charge in [0, 0.05) is 27.2 Å². The van der Waals surface area contributed by atoms with E-state index < -0.39 is 0 Å². The number of carbonyl (C=O) groups is 1. The average molecular weight is 444 g/mol. The highest BCUT2D eigenvalue weighted by Gasteiger charge is 2.13. The van der Waals surface area contributed by atoms with E-state index in [1.165, 1.54) is 11.8 Å². The van der Waals surface area contributed by atoms with Gasteiger partial charge in [-0.15, -0.1) is 0 Å². The number of thioether (sulfide) groups is 1. The third-order valence-corrected chi connectivity index (χ3v) is 5.36. The van der Waals surface area contributed by atoms with Gasteiger partial charge in [0.25, 0.3) is 5.56 Å². The number of amides is 1. The smallest absolute Gasteiger partial charge is 0.255 e. The average Bonchev–Trinajstić information content (AvgIpc) is 2.66. The van der Waals surface area contributed by atoms with Crippen molar-refractivity contribution in [3.05, 3.63) is 86.2 Å². The Morgan fingerprint density at radius 2 is 1.85 bits per heavy atom. The number of H-pyrrole nitrogens is 1. The Labute approximate surface area is 169 Å². The number of hydrogen-bond donors (Lipinski definition) is 2. The normalized spacial score (nSPS) is 10.6. The SMILES string of the molecule is Cc1nc(SCc2ccccc2)[nH]c(=O)c1CC(=O)Nc1ccc(Br)cc1. The Balaban J connectivity index is 1.66. The topological polar surface area (TPSA) is 74.8 Å². The third kappa shape index (κ3) is 5.55. The molecule has 0 aliphatic carbocycles. The van der Waals surface area contributed by atoms with Crippen LogP contribution >= 0.6 is 27.7 Å². The molecule has 0 atom stereocenters. The molecule has 0 saturated heterocycles. The number of halogens is 1. The molecule has 1 amide bonds. The summed E-state index contributed by atoms with van der Waals surface area (Å²) in [5.41, 5.74) is 2.51. The molecule has 27 heavy (non-hydrogen) atoms. The van der Waals surface area contributed by atoms with Crippen LogP contribution in [0.4, 0.5) is 5.69 Å². The third-order valence-electron chi connectivity index (χ3n) is 3.88. The van der Waals surface area contributed by atoms with Crippen LogP contribution in [0.15, 0.2) is 69.0 Å². The number of carbonyl (C=O) groups excluding carboxylic acids is 1. The van der Waals surface area contributed by atoms with Gasteiger partial charge in [-0.25, -0.2) is 4.98 Å². The van der Waals surface area contributed by atoms with E-state index in [1.54, 1.807) is 19.1 Å². The molecule has 1 aromatic heterocycles. The summed E-state index contributed by atoms with van der Waals surface area (Å²) in [5, 5.41) is 3.34. The first-order valence-electron chi connectivity index (χ1n) is 8.33. The highest BCUT2D eigenvalue weighted by atomic mass is 79.9. The zero-order valence-electron chi connectivity index (χ0n) is 14.7. The maximum Gasteiger partial charge on any atom is 0.255 e. The predicted octanol–water partition coefficient (Wildman–Crippen LogP) is 4.31. The van der Waals surface area contributed by atoms with Gasteiger partial charge in [-0.2, -0.15) is 0 Å². The molecule has 0 fully saturated rings. The van der Waals surface area contributed by atoms with E-state index in [2.05, 4.69) is 31.2 Å². The van der Waals surface area contributed by atoms with Crippen LogP contribution in [-0.4, -0.2) is 15.9 Å². The molecule has 2 aromatic carbocycles. The molecule has 1 heterocycles. The molecule has 0 spiro atoms. The lowest BCUT2D eigenvalue weighted by Crippen LogP contribution is -2.23. The molecule has 0 bridgehead atoms. The van der Waals surface area contributed by atoms with Gasteiger partial charge in [-0.3, -0.25) is 9.59 Å². The van der Waals surface area contributed by atoms with Crippen molar-refractivity contribution in [2.45, 2.75) is 24.3 Å². The maximum atomic E-state index is 12.4. The number of aromatic amines is 1. The Hall–Kier alpha value is -2.38. The maximum absolute atomic E-state index is 12.4. The number of hydrogen-bond acceptors (Lipinski definition) is 4. The van der Waals surface area contributed by atoms with Gasteiger partial charge in [0.2, 0.25) is 5.91 Å². The van der Waals surface area contributed by atoms with E-state index in [9.17, 15) is 9.59 Å². The molecule has 3 rings (SSSR count). The number of aromatic nitrogens is 2. The van der Waals surface area contributed by atoms with E-state index in [-0.39, 0.29) is 17.9 Å². The van der Waals surface area contributed by atoms with E-state index in [4.69, 9.17) is 0 Å². The van der Waals surface area contributed by atoms with E-state index in [1.807, 2.05) is 42.5 Å². The Kier molecular flexibility index (Phi) is 6.47. The van der Waals surface area contributed by atoms with Crippen LogP contribution in [0.5, 0.6) is 0 Å². The summed E-state index contributed by atoms with van der Waals surface area (Å²) in [4.78, 5) is 31.9. The minimum Gasteiger partial charge on any atom is -0.326 e. The van der Waals surface area contributed by atoms with Gasteiger partial charge in [0.15, 0.2) is 5.16 Å². The predicted molar refractivity (Wildman–Crippen MR) is 112 cm³/mol. The van der Waals surface area contributed by atoms with Crippen LogP contribution in [0, 0.1) is 6.92 Å². The number of rotatable bonds is 6. The second-order valence-electron chi connectivity index (χ2n) is 5.94. The standard InChI is InChI=1S/C20H18BrN3O2S/c1-13-17(11-18(25)23-16-9-7-15(21)8-10-16)19(26)24-20(22-13)27-12-14-5-3-2-4-6-14/h2-10H,11-12H2,1H3,(H,23,25)(H,22,24,26).